The van der Waals surface area contributed by atoms with Crippen molar-refractivity contribution in [2.45, 2.75) is 6.54 Å². The fraction of sp³-hybridized carbons (Fsp3) is 0.278. The van der Waals surface area contributed by atoms with Crippen LogP contribution in [0.25, 0.3) is 0 Å². The summed E-state index contributed by atoms with van der Waals surface area (Å²) in [6, 6.07) is 11.6. The fourth-order valence-electron chi connectivity index (χ4n) is 2.25. The number of carbonyl (C=O) groups excluding carboxylic acids is 1. The lowest BCUT2D eigenvalue weighted by atomic mass is 10.2. The van der Waals surface area contributed by atoms with Gasteiger partial charge in [0.05, 0.1) is 25.5 Å². The summed E-state index contributed by atoms with van der Waals surface area (Å²) in [6.07, 6.45) is 0. The molecule has 0 radical (unpaired) electrons. The molecule has 0 saturated carbocycles. The molecular formula is C18H21ClN2O5S. The van der Waals surface area contributed by atoms with E-state index in [1.165, 1.54) is 14.2 Å². The molecule has 9 heteroatoms. The molecule has 0 unspecified atom stereocenters. The molecule has 0 aromatic heterocycles. The quantitative estimate of drug-likeness (QED) is 0.658. The van der Waals surface area contributed by atoms with E-state index in [1.54, 1.807) is 42.5 Å². The number of rotatable bonds is 9. The summed E-state index contributed by atoms with van der Waals surface area (Å²) in [4.78, 5) is 12.3. The maximum absolute atomic E-state index is 12.3. The van der Waals surface area contributed by atoms with Crippen molar-refractivity contribution in [1.29, 1.82) is 0 Å². The Bertz CT molecular complexity index is 885. The Morgan fingerprint density at radius 2 is 1.78 bits per heavy atom. The zero-order chi connectivity index (χ0) is 19.9. The van der Waals surface area contributed by atoms with Crippen molar-refractivity contribution in [3.63, 3.8) is 0 Å². The molecule has 0 aliphatic carbocycles. The van der Waals surface area contributed by atoms with Crippen molar-refractivity contribution in [3.8, 4) is 11.5 Å². The molecule has 1 amide bonds. The highest BCUT2D eigenvalue weighted by molar-refractivity contribution is 7.89. The van der Waals surface area contributed by atoms with Gasteiger partial charge in [-0.2, -0.15) is 0 Å². The molecule has 2 aromatic rings. The van der Waals surface area contributed by atoms with E-state index in [0.717, 1.165) is 5.56 Å². The van der Waals surface area contributed by atoms with E-state index >= 15 is 0 Å². The minimum Gasteiger partial charge on any atom is -0.497 e. The highest BCUT2D eigenvalue weighted by Gasteiger charge is 2.15. The van der Waals surface area contributed by atoms with Crippen LogP contribution in [0.4, 0.5) is 0 Å². The van der Waals surface area contributed by atoms with Crippen LogP contribution >= 0.6 is 11.6 Å². The van der Waals surface area contributed by atoms with Crippen molar-refractivity contribution >= 4 is 27.5 Å². The van der Waals surface area contributed by atoms with E-state index < -0.39 is 15.9 Å². The second-order valence-electron chi connectivity index (χ2n) is 5.59. The number of carbonyl (C=O) groups is 1. The summed E-state index contributed by atoms with van der Waals surface area (Å²) in [6.45, 7) is 0.115. The number of ether oxygens (including phenoxy) is 2. The topological polar surface area (TPSA) is 93.7 Å². The Morgan fingerprint density at radius 3 is 2.41 bits per heavy atom. The SMILES string of the molecule is COc1ccc(C(=O)NCCS(=O)(=O)NCc2ccc(Cl)cc2)c(OC)c1. The first-order chi connectivity index (χ1) is 12.8. The van der Waals surface area contributed by atoms with Gasteiger partial charge in [-0.25, -0.2) is 13.1 Å². The van der Waals surface area contributed by atoms with E-state index in [1.807, 2.05) is 0 Å². The van der Waals surface area contributed by atoms with E-state index in [4.69, 9.17) is 21.1 Å². The van der Waals surface area contributed by atoms with E-state index in [0.29, 0.717) is 22.1 Å². The average molecular weight is 413 g/mol. The van der Waals surface area contributed by atoms with Crippen LogP contribution in [0.5, 0.6) is 11.5 Å². The lowest BCUT2D eigenvalue weighted by Gasteiger charge is -2.11. The van der Waals surface area contributed by atoms with E-state index in [2.05, 4.69) is 10.0 Å². The predicted molar refractivity (Wildman–Crippen MR) is 104 cm³/mol. The number of benzene rings is 2. The van der Waals surface area contributed by atoms with Gasteiger partial charge < -0.3 is 14.8 Å². The number of nitrogens with one attached hydrogen (secondary N) is 2. The third-order valence-corrected chi connectivity index (χ3v) is 5.30. The number of hydrogen-bond donors (Lipinski definition) is 2. The van der Waals surface area contributed by atoms with Gasteiger partial charge in [-0.15, -0.1) is 0 Å². The molecule has 0 spiro atoms. The third kappa shape index (κ3) is 6.42. The molecule has 0 heterocycles. The molecule has 27 heavy (non-hydrogen) atoms. The van der Waals surface area contributed by atoms with Crippen LogP contribution in [0.1, 0.15) is 15.9 Å². The molecule has 0 aliphatic heterocycles. The van der Waals surface area contributed by atoms with Crippen LogP contribution in [-0.4, -0.2) is 40.8 Å². The standard InChI is InChI=1S/C18H21ClN2O5S/c1-25-15-7-8-16(17(11-15)26-2)18(22)20-9-10-27(23,24)21-12-13-3-5-14(19)6-4-13/h3-8,11,21H,9-10,12H2,1-2H3,(H,20,22). The summed E-state index contributed by atoms with van der Waals surface area (Å²) in [5, 5.41) is 3.16. The van der Waals surface area contributed by atoms with Crippen molar-refractivity contribution < 1.29 is 22.7 Å². The van der Waals surface area contributed by atoms with Crippen LogP contribution in [0.3, 0.4) is 0 Å². The van der Waals surface area contributed by atoms with Gasteiger partial charge in [0.25, 0.3) is 5.91 Å². The van der Waals surface area contributed by atoms with Crippen LogP contribution < -0.4 is 19.5 Å². The van der Waals surface area contributed by atoms with Crippen LogP contribution in [-0.2, 0) is 16.6 Å². The van der Waals surface area contributed by atoms with Gasteiger partial charge >= 0.3 is 0 Å². The Hall–Kier alpha value is -2.29. The maximum Gasteiger partial charge on any atom is 0.255 e. The fourth-order valence-corrected chi connectivity index (χ4v) is 3.28. The van der Waals surface area contributed by atoms with Gasteiger partial charge in [0.15, 0.2) is 0 Å². The third-order valence-electron chi connectivity index (χ3n) is 3.72. The number of sulfonamides is 1. The first-order valence-corrected chi connectivity index (χ1v) is 10.1. The van der Waals surface area contributed by atoms with Crippen LogP contribution in [0, 0.1) is 0 Å². The van der Waals surface area contributed by atoms with Crippen molar-refractivity contribution in [1.82, 2.24) is 10.0 Å². The number of methoxy groups -OCH3 is 2. The minimum atomic E-state index is -3.54. The minimum absolute atomic E-state index is 0.0377. The number of halogens is 1. The lowest BCUT2D eigenvalue weighted by Crippen LogP contribution is -2.34. The summed E-state index contributed by atoms with van der Waals surface area (Å²) in [5.74, 6) is 0.223. The normalized spacial score (nSPS) is 11.1. The van der Waals surface area contributed by atoms with Gasteiger partial charge in [-0.3, -0.25) is 4.79 Å². The molecule has 7 nitrogen and oxygen atoms in total. The van der Waals surface area contributed by atoms with Gasteiger partial charge in [-0.1, -0.05) is 23.7 Å². The Labute approximate surface area is 163 Å². The molecule has 2 N–H and O–H groups in total. The lowest BCUT2D eigenvalue weighted by molar-refractivity contribution is 0.0953. The Kier molecular flexibility index (Phi) is 7.46. The summed E-state index contributed by atoms with van der Waals surface area (Å²) < 4.78 is 36.9. The Balaban J connectivity index is 1.87. The zero-order valence-electron chi connectivity index (χ0n) is 15.0. The molecule has 0 saturated heterocycles. The van der Waals surface area contributed by atoms with Gasteiger partial charge in [0.1, 0.15) is 11.5 Å². The highest BCUT2D eigenvalue weighted by Crippen LogP contribution is 2.24. The van der Waals surface area contributed by atoms with Crippen molar-refractivity contribution in [2.24, 2.45) is 0 Å². The first kappa shape index (κ1) is 21.0. The van der Waals surface area contributed by atoms with E-state index in [9.17, 15) is 13.2 Å². The molecule has 146 valence electrons. The maximum atomic E-state index is 12.3. The van der Waals surface area contributed by atoms with Crippen molar-refractivity contribution in [3.05, 3.63) is 58.6 Å². The second kappa shape index (κ2) is 9.59. The zero-order valence-corrected chi connectivity index (χ0v) is 16.6. The molecule has 0 bridgehead atoms. The number of hydrogen-bond acceptors (Lipinski definition) is 5. The molecule has 0 fully saturated rings. The Morgan fingerprint density at radius 1 is 1.07 bits per heavy atom. The largest absolute Gasteiger partial charge is 0.497 e. The highest BCUT2D eigenvalue weighted by atomic mass is 35.5. The van der Waals surface area contributed by atoms with E-state index in [-0.39, 0.29) is 18.8 Å². The average Bonchev–Trinajstić information content (AvgIpc) is 2.66. The van der Waals surface area contributed by atoms with Gasteiger partial charge in [-0.05, 0) is 29.8 Å². The van der Waals surface area contributed by atoms with Crippen LogP contribution in [0.2, 0.25) is 5.02 Å². The molecule has 0 atom stereocenters. The summed E-state index contributed by atoms with van der Waals surface area (Å²) in [5.41, 5.74) is 1.08. The van der Waals surface area contributed by atoms with Crippen LogP contribution in [0.15, 0.2) is 42.5 Å². The number of amides is 1. The van der Waals surface area contributed by atoms with Crippen molar-refractivity contribution in [2.75, 3.05) is 26.5 Å². The summed E-state index contributed by atoms with van der Waals surface area (Å²) >= 11 is 5.79. The second-order valence-corrected chi connectivity index (χ2v) is 7.95. The van der Waals surface area contributed by atoms with Gasteiger partial charge in [0.2, 0.25) is 10.0 Å². The molecule has 2 rings (SSSR count). The van der Waals surface area contributed by atoms with Gasteiger partial charge in [0, 0.05) is 24.2 Å². The molecule has 2 aromatic carbocycles. The molecular weight excluding hydrogens is 392 g/mol. The molecule has 0 aliphatic rings. The smallest absolute Gasteiger partial charge is 0.255 e. The summed E-state index contributed by atoms with van der Waals surface area (Å²) in [7, 11) is -0.592. The predicted octanol–water partition coefficient (Wildman–Crippen LogP) is 2.21. The monoisotopic (exact) mass is 412 g/mol. The first-order valence-electron chi connectivity index (χ1n) is 8.06.